The van der Waals surface area contributed by atoms with Crippen molar-refractivity contribution in [1.82, 2.24) is 0 Å². The normalized spacial score (nSPS) is 31.7. The highest BCUT2D eigenvalue weighted by Gasteiger charge is 2.56. The van der Waals surface area contributed by atoms with Crippen LogP contribution in [0.1, 0.15) is 114 Å². The molecule has 0 spiro atoms. The second kappa shape index (κ2) is 13.2. The molecule has 6 atom stereocenters. The number of aliphatic hydroxyl groups excluding tert-OH is 1. The molecule has 1 aromatic carbocycles. The molecule has 4 rings (SSSR count). The lowest BCUT2D eigenvalue weighted by Gasteiger charge is -2.53. The summed E-state index contributed by atoms with van der Waals surface area (Å²) in [6.45, 7) is 2.21. The highest BCUT2D eigenvalue weighted by atomic mass is 32.2. The van der Waals surface area contributed by atoms with E-state index in [0.717, 1.165) is 37.9 Å². The van der Waals surface area contributed by atoms with Crippen LogP contribution < -0.4 is 0 Å². The lowest BCUT2D eigenvalue weighted by Crippen LogP contribution is -2.47. The zero-order chi connectivity index (χ0) is 24.7. The second-order valence-electron chi connectivity index (χ2n) is 12.0. The van der Waals surface area contributed by atoms with Crippen LogP contribution in [-0.4, -0.2) is 34.5 Å². The molecular formula is C31H49FO2S. The number of hydrogen-bond acceptors (Lipinski definition) is 3. The minimum Gasteiger partial charge on any atom is -0.508 e. The first kappa shape index (κ1) is 27.3. The van der Waals surface area contributed by atoms with E-state index in [0.29, 0.717) is 29.4 Å². The number of phenols is 1. The molecule has 2 nitrogen and oxygen atoms in total. The number of thioether (sulfide) groups is 1. The Morgan fingerprint density at radius 3 is 2.43 bits per heavy atom. The van der Waals surface area contributed by atoms with Crippen LogP contribution in [0.2, 0.25) is 0 Å². The summed E-state index contributed by atoms with van der Waals surface area (Å²) in [7, 11) is 0. The zero-order valence-corrected chi connectivity index (χ0v) is 22.8. The van der Waals surface area contributed by atoms with E-state index < -0.39 is 0 Å². The van der Waals surface area contributed by atoms with E-state index in [-0.39, 0.29) is 18.2 Å². The molecule has 3 aliphatic carbocycles. The predicted molar refractivity (Wildman–Crippen MR) is 147 cm³/mol. The van der Waals surface area contributed by atoms with E-state index >= 15 is 0 Å². The Balaban J connectivity index is 1.23. The number of fused-ring (bicyclic) bond motifs is 5. The van der Waals surface area contributed by atoms with Crippen LogP contribution in [0.3, 0.4) is 0 Å². The molecule has 2 saturated carbocycles. The van der Waals surface area contributed by atoms with Gasteiger partial charge in [-0.25, -0.2) is 0 Å². The van der Waals surface area contributed by atoms with Gasteiger partial charge in [0.15, 0.2) is 0 Å². The first-order chi connectivity index (χ1) is 17.0. The number of phenolic OH excluding ortho intramolecular Hbond substituents is 1. The number of rotatable bonds is 14. The lowest BCUT2D eigenvalue weighted by atomic mass is 9.52. The standard InChI is InChI=1S/C31H49FO2S/c1-31-17-16-27-26-13-12-25(33)22-24(26)21-23(30(27)28(31)14-15-29(31)34)11-7-5-3-2-4-6-9-19-35-20-10-8-18-32/h12-13,22-23,27-30,33-34H,2-11,14-21H2,1H3/t23-,27?,28?,29+,30?,31+/m1/s1. The summed E-state index contributed by atoms with van der Waals surface area (Å²) >= 11 is 1.99. The summed E-state index contributed by atoms with van der Waals surface area (Å²) < 4.78 is 12.1. The van der Waals surface area contributed by atoms with Crippen molar-refractivity contribution in [3.8, 4) is 5.75 Å². The van der Waals surface area contributed by atoms with Crippen molar-refractivity contribution >= 4 is 11.8 Å². The smallest absolute Gasteiger partial charge is 0.115 e. The molecule has 0 heterocycles. The van der Waals surface area contributed by atoms with Gasteiger partial charge in [0.2, 0.25) is 0 Å². The van der Waals surface area contributed by atoms with Crippen LogP contribution in [0.5, 0.6) is 5.75 Å². The number of alkyl halides is 1. The van der Waals surface area contributed by atoms with E-state index in [1.807, 2.05) is 23.9 Å². The van der Waals surface area contributed by atoms with Crippen LogP contribution >= 0.6 is 11.8 Å². The van der Waals surface area contributed by atoms with E-state index in [1.54, 1.807) is 0 Å². The molecule has 0 bridgehead atoms. The highest BCUT2D eigenvalue weighted by molar-refractivity contribution is 7.99. The molecule has 198 valence electrons. The van der Waals surface area contributed by atoms with Crippen molar-refractivity contribution in [2.75, 3.05) is 18.2 Å². The van der Waals surface area contributed by atoms with Crippen molar-refractivity contribution in [3.63, 3.8) is 0 Å². The average molecular weight is 505 g/mol. The van der Waals surface area contributed by atoms with Crippen LogP contribution in [0, 0.1) is 23.2 Å². The van der Waals surface area contributed by atoms with Gasteiger partial charge in [0.05, 0.1) is 12.8 Å². The van der Waals surface area contributed by atoms with Crippen LogP contribution in [0.25, 0.3) is 0 Å². The molecule has 3 unspecified atom stereocenters. The molecule has 1 aromatic rings. The Labute approximate surface area is 217 Å². The topological polar surface area (TPSA) is 40.5 Å². The van der Waals surface area contributed by atoms with E-state index in [2.05, 4.69) is 13.0 Å². The molecule has 0 saturated heterocycles. The van der Waals surface area contributed by atoms with Gasteiger partial charge in [0.25, 0.3) is 0 Å². The summed E-state index contributed by atoms with van der Waals surface area (Å²) in [5.41, 5.74) is 2.99. The highest BCUT2D eigenvalue weighted by Crippen LogP contribution is 2.62. The maximum atomic E-state index is 12.1. The van der Waals surface area contributed by atoms with Crippen LogP contribution in [0.15, 0.2) is 18.2 Å². The minimum atomic E-state index is -0.164. The van der Waals surface area contributed by atoms with Crippen molar-refractivity contribution in [2.24, 2.45) is 23.2 Å². The predicted octanol–water partition coefficient (Wildman–Crippen LogP) is 8.44. The van der Waals surface area contributed by atoms with Crippen molar-refractivity contribution < 1.29 is 14.6 Å². The summed E-state index contributed by atoms with van der Waals surface area (Å²) in [6, 6.07) is 6.13. The molecular weight excluding hydrogens is 455 g/mol. The van der Waals surface area contributed by atoms with Gasteiger partial charge in [-0.1, -0.05) is 51.5 Å². The summed E-state index contributed by atoms with van der Waals surface area (Å²) in [5, 5.41) is 21.0. The number of unbranched alkanes of at least 4 members (excludes halogenated alkanes) is 7. The third-order valence-corrected chi connectivity index (χ3v) is 11.0. The largest absolute Gasteiger partial charge is 0.508 e. The van der Waals surface area contributed by atoms with Gasteiger partial charge in [-0.15, -0.1) is 0 Å². The number of halogens is 1. The first-order valence-corrected chi connectivity index (χ1v) is 15.8. The maximum absolute atomic E-state index is 12.1. The monoisotopic (exact) mass is 504 g/mol. The minimum absolute atomic E-state index is 0.110. The third-order valence-electron chi connectivity index (χ3n) is 9.87. The number of aliphatic hydroxyl groups is 1. The molecule has 0 radical (unpaired) electrons. The molecule has 35 heavy (non-hydrogen) atoms. The van der Waals surface area contributed by atoms with Gasteiger partial charge >= 0.3 is 0 Å². The van der Waals surface area contributed by atoms with E-state index in [4.69, 9.17) is 0 Å². The average Bonchev–Trinajstić information content (AvgIpc) is 3.15. The zero-order valence-electron chi connectivity index (χ0n) is 22.0. The lowest BCUT2D eigenvalue weighted by molar-refractivity contribution is -0.0396. The Bertz CT molecular complexity index is 785. The number of hydrogen-bond donors (Lipinski definition) is 2. The van der Waals surface area contributed by atoms with Gasteiger partial charge in [-0.2, -0.15) is 11.8 Å². The van der Waals surface area contributed by atoms with Gasteiger partial charge < -0.3 is 10.2 Å². The molecule has 0 aromatic heterocycles. The number of benzene rings is 1. The Hall–Kier alpha value is -0.740. The SMILES string of the molecule is C[C@]12CCC3c4ccc(O)cc4C[C@@H](CCCCCCCCCSCCCCF)C3C1CC[C@@H]2O. The fourth-order valence-electron chi connectivity index (χ4n) is 7.93. The molecule has 2 N–H and O–H groups in total. The fourth-order valence-corrected chi connectivity index (χ4v) is 8.95. The molecule has 0 aliphatic heterocycles. The molecule has 2 fully saturated rings. The second-order valence-corrected chi connectivity index (χ2v) is 13.3. The van der Waals surface area contributed by atoms with Crippen molar-refractivity contribution in [2.45, 2.75) is 115 Å². The van der Waals surface area contributed by atoms with Gasteiger partial charge in [0.1, 0.15) is 5.75 Å². The Morgan fingerprint density at radius 2 is 1.66 bits per heavy atom. The first-order valence-electron chi connectivity index (χ1n) is 14.7. The fraction of sp³-hybridized carbons (Fsp3) is 0.806. The Morgan fingerprint density at radius 1 is 0.943 bits per heavy atom. The number of aromatic hydroxyl groups is 1. The van der Waals surface area contributed by atoms with Crippen molar-refractivity contribution in [1.29, 1.82) is 0 Å². The van der Waals surface area contributed by atoms with E-state index in [1.165, 1.54) is 81.1 Å². The van der Waals surface area contributed by atoms with Crippen molar-refractivity contribution in [3.05, 3.63) is 29.3 Å². The quantitative estimate of drug-likeness (QED) is 0.250. The van der Waals surface area contributed by atoms with E-state index in [9.17, 15) is 14.6 Å². The summed E-state index contributed by atoms with van der Waals surface area (Å²) in [4.78, 5) is 0. The molecule has 0 amide bonds. The van der Waals surface area contributed by atoms with Gasteiger partial charge in [-0.3, -0.25) is 4.39 Å². The third kappa shape index (κ3) is 6.58. The summed E-state index contributed by atoms with van der Waals surface area (Å²) in [5.74, 6) is 5.43. The van der Waals surface area contributed by atoms with Gasteiger partial charge in [-0.05, 0) is 122 Å². The van der Waals surface area contributed by atoms with Crippen LogP contribution in [-0.2, 0) is 6.42 Å². The molecule has 4 heteroatoms. The molecule has 3 aliphatic rings. The Kier molecular flexibility index (Phi) is 10.3. The van der Waals surface area contributed by atoms with Crippen LogP contribution in [0.4, 0.5) is 4.39 Å². The maximum Gasteiger partial charge on any atom is 0.115 e. The summed E-state index contributed by atoms with van der Waals surface area (Å²) in [6.07, 6.45) is 17.9. The van der Waals surface area contributed by atoms with Gasteiger partial charge in [0, 0.05) is 0 Å².